The molecule has 0 saturated heterocycles. The van der Waals surface area contributed by atoms with Gasteiger partial charge in [-0.15, -0.1) is 0 Å². The van der Waals surface area contributed by atoms with Crippen molar-refractivity contribution in [3.05, 3.63) is 58.6 Å². The fraction of sp³-hybridized carbons (Fsp3) is 0.125. The molecule has 0 unspecified atom stereocenters. The summed E-state index contributed by atoms with van der Waals surface area (Å²) in [7, 11) is 3.48. The standard InChI is InChI=1S/C16H15BrN6O2/c1-22-8-7-13(20-22)15(24)18-10-3-5-11(6-4-10)19-16(25)14-12(17)9-23(2)21-14/h3-9H,1-2H3,(H,18,24)(H,19,25). The molecular weight excluding hydrogens is 388 g/mol. The van der Waals surface area contributed by atoms with Gasteiger partial charge in [-0.25, -0.2) is 0 Å². The van der Waals surface area contributed by atoms with Crippen LogP contribution in [-0.4, -0.2) is 31.4 Å². The number of benzene rings is 1. The predicted molar refractivity (Wildman–Crippen MR) is 96.5 cm³/mol. The number of hydrogen-bond donors (Lipinski definition) is 2. The van der Waals surface area contributed by atoms with Gasteiger partial charge in [0.1, 0.15) is 0 Å². The first-order chi connectivity index (χ1) is 11.9. The quantitative estimate of drug-likeness (QED) is 0.700. The molecule has 0 atom stereocenters. The maximum absolute atomic E-state index is 12.2. The van der Waals surface area contributed by atoms with Gasteiger partial charge in [-0.3, -0.25) is 19.0 Å². The van der Waals surface area contributed by atoms with Crippen molar-refractivity contribution < 1.29 is 9.59 Å². The van der Waals surface area contributed by atoms with Crippen LogP contribution in [0.25, 0.3) is 0 Å². The van der Waals surface area contributed by atoms with Gasteiger partial charge in [0.2, 0.25) is 0 Å². The van der Waals surface area contributed by atoms with Crippen molar-refractivity contribution in [2.75, 3.05) is 10.6 Å². The molecule has 0 aliphatic carbocycles. The van der Waals surface area contributed by atoms with Gasteiger partial charge < -0.3 is 10.6 Å². The molecule has 0 bridgehead atoms. The van der Waals surface area contributed by atoms with Gasteiger partial charge in [-0.1, -0.05) is 0 Å². The molecule has 2 amide bonds. The number of nitrogens with one attached hydrogen (secondary N) is 2. The summed E-state index contributed by atoms with van der Waals surface area (Å²) in [6.07, 6.45) is 3.40. The second kappa shape index (κ2) is 6.89. The fourth-order valence-corrected chi connectivity index (χ4v) is 2.73. The lowest BCUT2D eigenvalue weighted by Gasteiger charge is -2.06. The number of carbonyl (C=O) groups excluding carboxylic acids is 2. The third-order valence-corrected chi connectivity index (χ3v) is 3.93. The van der Waals surface area contributed by atoms with E-state index >= 15 is 0 Å². The zero-order chi connectivity index (χ0) is 18.0. The number of aromatic nitrogens is 4. The molecule has 0 spiro atoms. The topological polar surface area (TPSA) is 93.8 Å². The van der Waals surface area contributed by atoms with Crippen LogP contribution in [0.3, 0.4) is 0 Å². The first-order valence-corrected chi connectivity index (χ1v) is 8.13. The lowest BCUT2D eigenvalue weighted by molar-refractivity contribution is 0.101. The van der Waals surface area contributed by atoms with Crippen molar-refractivity contribution in [3.8, 4) is 0 Å². The average Bonchev–Trinajstić information content (AvgIpc) is 3.14. The summed E-state index contributed by atoms with van der Waals surface area (Å²) in [6.45, 7) is 0. The van der Waals surface area contributed by atoms with Gasteiger partial charge in [-0.2, -0.15) is 10.2 Å². The van der Waals surface area contributed by atoms with Gasteiger partial charge in [0.25, 0.3) is 11.8 Å². The molecule has 0 radical (unpaired) electrons. The normalized spacial score (nSPS) is 10.5. The van der Waals surface area contributed by atoms with Crippen molar-refractivity contribution in [2.24, 2.45) is 14.1 Å². The maximum atomic E-state index is 12.2. The number of rotatable bonds is 4. The van der Waals surface area contributed by atoms with Crippen molar-refractivity contribution in [1.82, 2.24) is 19.6 Å². The van der Waals surface area contributed by atoms with Crippen LogP contribution < -0.4 is 10.6 Å². The molecular formula is C16H15BrN6O2. The van der Waals surface area contributed by atoms with Gasteiger partial charge in [0.05, 0.1) is 4.47 Å². The third-order valence-electron chi connectivity index (χ3n) is 3.35. The van der Waals surface area contributed by atoms with E-state index in [9.17, 15) is 9.59 Å². The SMILES string of the molecule is Cn1ccc(C(=O)Nc2ccc(NC(=O)c3nn(C)cc3Br)cc2)n1. The Morgan fingerprint density at radius 1 is 0.920 bits per heavy atom. The number of carbonyl (C=O) groups is 2. The Bertz CT molecular complexity index is 929. The highest BCUT2D eigenvalue weighted by Crippen LogP contribution is 2.18. The van der Waals surface area contributed by atoms with Gasteiger partial charge in [-0.05, 0) is 46.3 Å². The summed E-state index contributed by atoms with van der Waals surface area (Å²) in [4.78, 5) is 24.2. The molecule has 0 fully saturated rings. The van der Waals surface area contributed by atoms with E-state index in [1.807, 2.05) is 0 Å². The number of aryl methyl sites for hydroxylation is 2. The van der Waals surface area contributed by atoms with Gasteiger partial charge in [0.15, 0.2) is 11.4 Å². The Hall–Kier alpha value is -2.94. The number of hydrogen-bond acceptors (Lipinski definition) is 4. The Labute approximate surface area is 152 Å². The summed E-state index contributed by atoms with van der Waals surface area (Å²) >= 11 is 3.29. The fourth-order valence-electron chi connectivity index (χ4n) is 2.17. The molecule has 0 saturated carbocycles. The molecule has 1 aromatic carbocycles. The van der Waals surface area contributed by atoms with Crippen molar-refractivity contribution >= 4 is 39.1 Å². The molecule has 0 aliphatic heterocycles. The van der Waals surface area contributed by atoms with Crippen molar-refractivity contribution in [3.63, 3.8) is 0 Å². The van der Waals surface area contributed by atoms with E-state index in [0.29, 0.717) is 27.2 Å². The van der Waals surface area contributed by atoms with Crippen LogP contribution in [-0.2, 0) is 14.1 Å². The Balaban J connectivity index is 1.65. The molecule has 8 nitrogen and oxygen atoms in total. The van der Waals surface area contributed by atoms with Crippen LogP contribution in [0.15, 0.2) is 47.2 Å². The van der Waals surface area contributed by atoms with Crippen molar-refractivity contribution in [2.45, 2.75) is 0 Å². The molecule has 3 aromatic rings. The number of amides is 2. The molecule has 2 aromatic heterocycles. The zero-order valence-corrected chi connectivity index (χ0v) is 15.1. The summed E-state index contributed by atoms with van der Waals surface area (Å²) < 4.78 is 3.73. The first-order valence-electron chi connectivity index (χ1n) is 7.34. The van der Waals surface area contributed by atoms with Gasteiger partial charge >= 0.3 is 0 Å². The Morgan fingerprint density at radius 3 is 2.00 bits per heavy atom. The lowest BCUT2D eigenvalue weighted by atomic mass is 10.2. The monoisotopic (exact) mass is 402 g/mol. The second-order valence-electron chi connectivity index (χ2n) is 5.36. The molecule has 25 heavy (non-hydrogen) atoms. The van der Waals surface area contributed by atoms with Crippen LogP contribution in [0.1, 0.15) is 21.0 Å². The predicted octanol–water partition coefficient (Wildman–Crippen LogP) is 2.42. The van der Waals surface area contributed by atoms with Gasteiger partial charge in [0, 0.05) is 37.9 Å². The molecule has 0 aliphatic rings. The summed E-state index contributed by atoms with van der Waals surface area (Å²) in [5.41, 5.74) is 1.83. The molecule has 3 rings (SSSR count). The van der Waals surface area contributed by atoms with Crippen LogP contribution in [0, 0.1) is 0 Å². The smallest absolute Gasteiger partial charge is 0.277 e. The number of halogens is 1. The van der Waals surface area contributed by atoms with Crippen molar-refractivity contribution in [1.29, 1.82) is 0 Å². The number of anilines is 2. The van der Waals surface area contributed by atoms with Crippen LogP contribution >= 0.6 is 15.9 Å². The highest BCUT2D eigenvalue weighted by Gasteiger charge is 2.14. The maximum Gasteiger partial charge on any atom is 0.277 e. The third kappa shape index (κ3) is 3.94. The highest BCUT2D eigenvalue weighted by molar-refractivity contribution is 9.10. The average molecular weight is 403 g/mol. The van der Waals surface area contributed by atoms with E-state index in [1.165, 1.54) is 0 Å². The van der Waals surface area contributed by atoms with E-state index in [-0.39, 0.29) is 11.8 Å². The largest absolute Gasteiger partial charge is 0.321 e. The summed E-state index contributed by atoms with van der Waals surface area (Å²) in [5, 5.41) is 13.6. The van der Waals surface area contributed by atoms with E-state index in [1.54, 1.807) is 66.2 Å². The van der Waals surface area contributed by atoms with E-state index < -0.39 is 0 Å². The molecule has 128 valence electrons. The van der Waals surface area contributed by atoms with E-state index in [4.69, 9.17) is 0 Å². The first kappa shape index (κ1) is 16.9. The molecule has 2 heterocycles. The van der Waals surface area contributed by atoms with Crippen LogP contribution in [0.4, 0.5) is 11.4 Å². The molecule has 9 heteroatoms. The summed E-state index contributed by atoms with van der Waals surface area (Å²) in [6, 6.07) is 8.42. The minimum Gasteiger partial charge on any atom is -0.321 e. The summed E-state index contributed by atoms with van der Waals surface area (Å²) in [5.74, 6) is -0.618. The van der Waals surface area contributed by atoms with E-state index in [0.717, 1.165) is 0 Å². The van der Waals surface area contributed by atoms with E-state index in [2.05, 4.69) is 36.8 Å². The lowest BCUT2D eigenvalue weighted by Crippen LogP contribution is -2.14. The number of nitrogens with zero attached hydrogens (tertiary/aromatic N) is 4. The Kier molecular flexibility index (Phi) is 4.66. The second-order valence-corrected chi connectivity index (χ2v) is 6.21. The minimum absolute atomic E-state index is 0.296. The zero-order valence-electron chi connectivity index (χ0n) is 13.5. The minimum atomic E-state index is -0.322. The Morgan fingerprint density at radius 2 is 1.52 bits per heavy atom. The van der Waals surface area contributed by atoms with Crippen LogP contribution in [0.5, 0.6) is 0 Å². The molecule has 2 N–H and O–H groups in total. The highest BCUT2D eigenvalue weighted by atomic mass is 79.9. The van der Waals surface area contributed by atoms with Crippen LogP contribution in [0.2, 0.25) is 0 Å².